The number of hydrogen-bond donors (Lipinski definition) is 3. The fraction of sp³-hybridized carbons (Fsp3) is 0.667. The maximum atomic E-state index is 11.7. The number of aromatic amines is 1. The highest BCUT2D eigenvalue weighted by Gasteiger charge is 2.20. The molecule has 1 fully saturated rings. The van der Waals surface area contributed by atoms with Crippen LogP contribution in [0.15, 0.2) is 9.95 Å². The SMILES string of the molecule is CNC(=O)CNC(=O)CSc1n[nH]c(=O)n1C[C@@H]1CCCO1. The number of carbonyl (C=O) groups excluding carboxylic acids is 2. The standard InChI is InChI=1S/C12H19N5O4S/c1-13-9(18)5-14-10(19)7-22-12-16-15-11(20)17(12)6-8-3-2-4-21-8/h8H,2-7H2,1H3,(H,13,18)(H,14,19)(H,15,20)/t8-/m0/s1. The number of nitrogens with zero attached hydrogens (tertiary/aromatic N) is 2. The van der Waals surface area contributed by atoms with Gasteiger partial charge in [0.25, 0.3) is 0 Å². The van der Waals surface area contributed by atoms with E-state index in [0.29, 0.717) is 18.3 Å². The van der Waals surface area contributed by atoms with Gasteiger partial charge in [-0.15, -0.1) is 5.10 Å². The lowest BCUT2D eigenvalue weighted by Gasteiger charge is -2.10. The second-order valence-corrected chi connectivity index (χ2v) is 5.74. The number of carbonyl (C=O) groups is 2. The molecule has 9 nitrogen and oxygen atoms in total. The van der Waals surface area contributed by atoms with E-state index in [1.165, 1.54) is 11.6 Å². The van der Waals surface area contributed by atoms with Crippen molar-refractivity contribution in [3.8, 4) is 0 Å². The Morgan fingerprint density at radius 1 is 1.50 bits per heavy atom. The third kappa shape index (κ3) is 4.60. The first-order chi connectivity index (χ1) is 10.6. The van der Waals surface area contributed by atoms with E-state index in [-0.39, 0.29) is 35.9 Å². The van der Waals surface area contributed by atoms with Crippen LogP contribution >= 0.6 is 11.8 Å². The average molecular weight is 329 g/mol. The molecule has 0 saturated carbocycles. The molecule has 2 heterocycles. The molecule has 0 aliphatic carbocycles. The first kappa shape index (κ1) is 16.6. The van der Waals surface area contributed by atoms with Crippen molar-refractivity contribution in [3.63, 3.8) is 0 Å². The van der Waals surface area contributed by atoms with Crippen LogP contribution in [-0.2, 0) is 20.9 Å². The Balaban J connectivity index is 1.86. The number of H-pyrrole nitrogens is 1. The summed E-state index contributed by atoms with van der Waals surface area (Å²) in [4.78, 5) is 34.4. The summed E-state index contributed by atoms with van der Waals surface area (Å²) in [5, 5.41) is 11.6. The smallest absolute Gasteiger partial charge is 0.344 e. The zero-order valence-corrected chi connectivity index (χ0v) is 13.1. The molecule has 1 saturated heterocycles. The van der Waals surface area contributed by atoms with E-state index >= 15 is 0 Å². The monoisotopic (exact) mass is 329 g/mol. The lowest BCUT2D eigenvalue weighted by Crippen LogP contribution is -2.36. The normalized spacial score (nSPS) is 17.4. The first-order valence-corrected chi connectivity index (χ1v) is 7.95. The van der Waals surface area contributed by atoms with Crippen molar-refractivity contribution in [1.82, 2.24) is 25.4 Å². The number of ether oxygens (including phenoxy) is 1. The van der Waals surface area contributed by atoms with Gasteiger partial charge in [0, 0.05) is 13.7 Å². The lowest BCUT2D eigenvalue weighted by atomic mass is 10.2. The molecule has 0 bridgehead atoms. The van der Waals surface area contributed by atoms with Crippen LogP contribution in [0.4, 0.5) is 0 Å². The third-order valence-electron chi connectivity index (χ3n) is 3.19. The molecule has 2 amide bonds. The molecular formula is C12H19N5O4S. The fourth-order valence-corrected chi connectivity index (χ4v) is 2.80. The summed E-state index contributed by atoms with van der Waals surface area (Å²) in [5.74, 6) is -0.492. The Bertz CT molecular complexity index is 578. The molecule has 10 heteroatoms. The minimum absolute atomic E-state index is 0.0109. The van der Waals surface area contributed by atoms with Gasteiger partial charge in [0.1, 0.15) is 0 Å². The summed E-state index contributed by atoms with van der Waals surface area (Å²) in [5.41, 5.74) is -0.316. The summed E-state index contributed by atoms with van der Waals surface area (Å²) < 4.78 is 6.98. The molecule has 1 aliphatic heterocycles. The zero-order chi connectivity index (χ0) is 15.9. The molecule has 1 aliphatic rings. The van der Waals surface area contributed by atoms with Crippen LogP contribution < -0.4 is 16.3 Å². The van der Waals surface area contributed by atoms with Gasteiger partial charge in [-0.2, -0.15) is 0 Å². The molecule has 3 N–H and O–H groups in total. The molecule has 1 aromatic rings. The number of nitrogens with one attached hydrogen (secondary N) is 3. The van der Waals surface area contributed by atoms with Crippen LogP contribution in [0.25, 0.3) is 0 Å². The van der Waals surface area contributed by atoms with Crippen molar-refractivity contribution in [2.45, 2.75) is 30.6 Å². The van der Waals surface area contributed by atoms with Gasteiger partial charge in [-0.3, -0.25) is 14.2 Å². The molecule has 0 unspecified atom stereocenters. The highest BCUT2D eigenvalue weighted by atomic mass is 32.2. The van der Waals surface area contributed by atoms with E-state index in [0.717, 1.165) is 24.6 Å². The molecule has 22 heavy (non-hydrogen) atoms. The number of hydrogen-bond acceptors (Lipinski definition) is 6. The van der Waals surface area contributed by atoms with E-state index in [1.807, 2.05) is 0 Å². The van der Waals surface area contributed by atoms with Crippen molar-refractivity contribution in [2.24, 2.45) is 0 Å². The van der Waals surface area contributed by atoms with Gasteiger partial charge < -0.3 is 15.4 Å². The van der Waals surface area contributed by atoms with E-state index in [9.17, 15) is 14.4 Å². The largest absolute Gasteiger partial charge is 0.376 e. The van der Waals surface area contributed by atoms with E-state index in [4.69, 9.17) is 4.74 Å². The highest BCUT2D eigenvalue weighted by Crippen LogP contribution is 2.17. The molecule has 0 spiro atoms. The van der Waals surface area contributed by atoms with Gasteiger partial charge in [0.15, 0.2) is 5.16 Å². The first-order valence-electron chi connectivity index (χ1n) is 6.97. The van der Waals surface area contributed by atoms with Crippen LogP contribution in [0.5, 0.6) is 0 Å². The topological polar surface area (TPSA) is 118 Å². The van der Waals surface area contributed by atoms with Crippen molar-refractivity contribution >= 4 is 23.6 Å². The Kier molecular flexibility index (Phi) is 6.01. The predicted molar refractivity (Wildman–Crippen MR) is 79.6 cm³/mol. The van der Waals surface area contributed by atoms with E-state index < -0.39 is 0 Å². The summed E-state index contributed by atoms with van der Waals surface area (Å²) in [6.07, 6.45) is 1.91. The molecule has 0 radical (unpaired) electrons. The Morgan fingerprint density at radius 2 is 2.32 bits per heavy atom. The van der Waals surface area contributed by atoms with Gasteiger partial charge in [-0.1, -0.05) is 11.8 Å². The molecule has 2 rings (SSSR count). The van der Waals surface area contributed by atoms with Gasteiger partial charge in [-0.25, -0.2) is 9.89 Å². The Labute approximate surface area is 131 Å². The van der Waals surface area contributed by atoms with Crippen LogP contribution in [0.3, 0.4) is 0 Å². The van der Waals surface area contributed by atoms with Crippen molar-refractivity contribution in [1.29, 1.82) is 0 Å². The second-order valence-electron chi connectivity index (χ2n) is 4.80. The number of thioether (sulfide) groups is 1. The summed E-state index contributed by atoms with van der Waals surface area (Å²) in [6, 6.07) is 0. The maximum Gasteiger partial charge on any atom is 0.344 e. The quantitative estimate of drug-likeness (QED) is 0.535. The second kappa shape index (κ2) is 7.99. The maximum absolute atomic E-state index is 11.7. The number of rotatable bonds is 7. The summed E-state index contributed by atoms with van der Waals surface area (Å²) in [7, 11) is 1.50. The Hall–Kier alpha value is -1.81. The number of amides is 2. The van der Waals surface area contributed by atoms with Crippen molar-refractivity contribution < 1.29 is 14.3 Å². The third-order valence-corrected chi connectivity index (χ3v) is 4.17. The molecule has 1 aromatic heterocycles. The molecule has 0 aromatic carbocycles. The minimum Gasteiger partial charge on any atom is -0.376 e. The van der Waals surface area contributed by atoms with Crippen LogP contribution in [0.2, 0.25) is 0 Å². The van der Waals surface area contributed by atoms with Crippen LogP contribution in [0.1, 0.15) is 12.8 Å². The summed E-state index contributed by atoms with van der Waals surface area (Å²) >= 11 is 1.14. The number of likely N-dealkylation sites (N-methyl/N-ethyl adjacent to an activating group) is 1. The number of aromatic nitrogens is 3. The van der Waals surface area contributed by atoms with Crippen LogP contribution in [0, 0.1) is 0 Å². The van der Waals surface area contributed by atoms with Gasteiger partial charge in [-0.05, 0) is 12.8 Å². The van der Waals surface area contributed by atoms with Crippen molar-refractivity contribution in [3.05, 3.63) is 10.5 Å². The van der Waals surface area contributed by atoms with Gasteiger partial charge in [0.2, 0.25) is 11.8 Å². The van der Waals surface area contributed by atoms with E-state index in [1.54, 1.807) is 0 Å². The lowest BCUT2D eigenvalue weighted by molar-refractivity contribution is -0.124. The fourth-order valence-electron chi connectivity index (χ4n) is 2.01. The minimum atomic E-state index is -0.316. The average Bonchev–Trinajstić information content (AvgIpc) is 3.14. The molecule has 122 valence electrons. The van der Waals surface area contributed by atoms with E-state index in [2.05, 4.69) is 20.8 Å². The summed E-state index contributed by atoms with van der Waals surface area (Å²) in [6.45, 7) is 1.07. The molecular weight excluding hydrogens is 310 g/mol. The Morgan fingerprint density at radius 3 is 3.00 bits per heavy atom. The van der Waals surface area contributed by atoms with Crippen molar-refractivity contribution in [2.75, 3.05) is 26.0 Å². The van der Waals surface area contributed by atoms with Gasteiger partial charge in [0.05, 0.1) is 24.9 Å². The zero-order valence-electron chi connectivity index (χ0n) is 12.3. The van der Waals surface area contributed by atoms with Crippen LogP contribution in [-0.4, -0.2) is 58.6 Å². The highest BCUT2D eigenvalue weighted by molar-refractivity contribution is 7.99. The molecule has 1 atom stereocenters. The van der Waals surface area contributed by atoms with Gasteiger partial charge >= 0.3 is 5.69 Å². The predicted octanol–water partition coefficient (Wildman–Crippen LogP) is -1.30.